The largest absolute Gasteiger partial charge is 0.377 e. The van der Waals surface area contributed by atoms with Crippen molar-refractivity contribution >= 4 is 33.8 Å². The Bertz CT molecular complexity index is 796. The van der Waals surface area contributed by atoms with Crippen molar-refractivity contribution in [3.05, 3.63) is 35.5 Å². The fraction of sp³-hybridized carbons (Fsp3) is 0.375. The number of nitrogens with zero attached hydrogens (tertiary/aromatic N) is 6. The molecule has 9 heteroatoms. The van der Waals surface area contributed by atoms with E-state index in [4.69, 9.17) is 4.74 Å². The van der Waals surface area contributed by atoms with Gasteiger partial charge in [-0.3, -0.25) is 0 Å². The maximum atomic E-state index is 5.08. The normalized spacial score (nSPS) is 14.9. The van der Waals surface area contributed by atoms with Gasteiger partial charge in [0.2, 0.25) is 5.13 Å². The first-order valence-corrected chi connectivity index (χ1v) is 9.68. The Labute approximate surface area is 154 Å². The highest BCUT2D eigenvalue weighted by molar-refractivity contribution is 7.13. The van der Waals surface area contributed by atoms with Crippen LogP contribution in [0.4, 0.5) is 10.9 Å². The van der Waals surface area contributed by atoms with Gasteiger partial charge in [0.05, 0.1) is 4.88 Å². The molecule has 1 aliphatic rings. The highest BCUT2D eigenvalue weighted by atomic mass is 32.1. The van der Waals surface area contributed by atoms with Gasteiger partial charge in [0.15, 0.2) is 11.6 Å². The number of anilines is 2. The van der Waals surface area contributed by atoms with E-state index in [0.717, 1.165) is 53.5 Å². The van der Waals surface area contributed by atoms with Gasteiger partial charge >= 0.3 is 0 Å². The fourth-order valence-electron chi connectivity index (χ4n) is 2.74. The maximum absolute atomic E-state index is 5.08. The van der Waals surface area contributed by atoms with Crippen LogP contribution in [0.15, 0.2) is 29.6 Å². The summed E-state index contributed by atoms with van der Waals surface area (Å²) in [5, 5.41) is 11.8. The van der Waals surface area contributed by atoms with Crippen LogP contribution in [0.3, 0.4) is 0 Å². The Morgan fingerprint density at radius 1 is 1.08 bits per heavy atom. The minimum absolute atomic E-state index is 0.461. The smallest absolute Gasteiger partial charge is 0.205 e. The summed E-state index contributed by atoms with van der Waals surface area (Å²) in [6, 6.07) is 8.19. The third-order valence-electron chi connectivity index (χ3n) is 4.03. The second-order valence-corrected chi connectivity index (χ2v) is 7.33. The molecule has 0 saturated carbocycles. The van der Waals surface area contributed by atoms with Crippen molar-refractivity contribution in [1.82, 2.24) is 19.6 Å². The summed E-state index contributed by atoms with van der Waals surface area (Å²) in [7, 11) is 1.66. The van der Waals surface area contributed by atoms with Gasteiger partial charge in [0, 0.05) is 44.8 Å². The van der Waals surface area contributed by atoms with Gasteiger partial charge < -0.3 is 14.5 Å². The lowest BCUT2D eigenvalue weighted by Crippen LogP contribution is -2.46. The quantitative estimate of drug-likeness (QED) is 0.680. The van der Waals surface area contributed by atoms with Gasteiger partial charge in [-0.1, -0.05) is 6.07 Å². The van der Waals surface area contributed by atoms with Crippen LogP contribution >= 0.6 is 22.9 Å². The third-order valence-corrected chi connectivity index (χ3v) is 5.74. The predicted octanol–water partition coefficient (Wildman–Crippen LogP) is 2.53. The monoisotopic (exact) mass is 374 g/mol. The van der Waals surface area contributed by atoms with Crippen LogP contribution in [-0.4, -0.2) is 52.8 Å². The number of methoxy groups -OCH3 is 1. The Morgan fingerprint density at radius 3 is 2.60 bits per heavy atom. The lowest BCUT2D eigenvalue weighted by Gasteiger charge is -2.34. The molecule has 1 aliphatic heterocycles. The average molecular weight is 374 g/mol. The molecular weight excluding hydrogens is 356 g/mol. The molecule has 1 fully saturated rings. The molecule has 0 atom stereocenters. The Kier molecular flexibility index (Phi) is 4.86. The van der Waals surface area contributed by atoms with E-state index in [2.05, 4.69) is 46.9 Å². The molecule has 3 aromatic heterocycles. The van der Waals surface area contributed by atoms with Crippen LogP contribution in [0, 0.1) is 0 Å². The summed E-state index contributed by atoms with van der Waals surface area (Å²) < 4.78 is 9.40. The van der Waals surface area contributed by atoms with Crippen LogP contribution in [0.1, 0.15) is 5.82 Å². The lowest BCUT2D eigenvalue weighted by molar-refractivity contribution is 0.179. The van der Waals surface area contributed by atoms with E-state index in [9.17, 15) is 0 Å². The highest BCUT2D eigenvalue weighted by Crippen LogP contribution is 2.24. The zero-order valence-electron chi connectivity index (χ0n) is 13.8. The number of rotatable bonds is 5. The molecule has 0 aliphatic carbocycles. The number of ether oxygens (including phenoxy) is 1. The van der Waals surface area contributed by atoms with Crippen molar-refractivity contribution in [1.29, 1.82) is 0 Å². The van der Waals surface area contributed by atoms with Crippen LogP contribution in [-0.2, 0) is 11.3 Å². The number of hydrogen-bond donors (Lipinski definition) is 0. The van der Waals surface area contributed by atoms with E-state index in [0.29, 0.717) is 6.61 Å². The van der Waals surface area contributed by atoms with E-state index in [-0.39, 0.29) is 0 Å². The minimum atomic E-state index is 0.461. The van der Waals surface area contributed by atoms with E-state index in [1.54, 1.807) is 18.4 Å². The first-order valence-electron chi connectivity index (χ1n) is 8.02. The standard InChI is InChI=1S/C16H18N6OS2/c1-23-11-14-17-16(25-20-14)22-8-6-21(7-9-22)15-5-4-12(18-19-15)13-3-2-10-24-13/h2-5,10H,6-9,11H2,1H3. The van der Waals surface area contributed by atoms with Gasteiger partial charge in [-0.2, -0.15) is 4.37 Å². The molecule has 7 nitrogen and oxygen atoms in total. The molecular formula is C16H18N6OS2. The molecule has 4 heterocycles. The summed E-state index contributed by atoms with van der Waals surface area (Å²) >= 11 is 3.11. The van der Waals surface area contributed by atoms with Gasteiger partial charge in [0.1, 0.15) is 12.3 Å². The molecule has 1 saturated heterocycles. The molecule has 4 rings (SSSR count). The molecule has 0 unspecified atom stereocenters. The van der Waals surface area contributed by atoms with Crippen LogP contribution < -0.4 is 9.80 Å². The van der Waals surface area contributed by atoms with Crippen molar-refractivity contribution < 1.29 is 4.74 Å². The molecule has 0 aromatic carbocycles. The summed E-state index contributed by atoms with van der Waals surface area (Å²) in [5.74, 6) is 1.68. The second kappa shape index (κ2) is 7.42. The molecule has 0 amide bonds. The van der Waals surface area contributed by atoms with Gasteiger partial charge in [-0.25, -0.2) is 4.98 Å². The van der Waals surface area contributed by atoms with Gasteiger partial charge in [-0.05, 0) is 23.6 Å². The Balaban J connectivity index is 1.38. The SMILES string of the molecule is COCc1nsc(N2CCN(c3ccc(-c4cccs4)nn3)CC2)n1. The molecule has 0 radical (unpaired) electrons. The summed E-state index contributed by atoms with van der Waals surface area (Å²) in [4.78, 5) is 10.2. The predicted molar refractivity (Wildman–Crippen MR) is 100 cm³/mol. The van der Waals surface area contributed by atoms with Gasteiger partial charge in [0.25, 0.3) is 0 Å². The lowest BCUT2D eigenvalue weighted by atomic mass is 10.3. The fourth-order valence-corrected chi connectivity index (χ4v) is 4.15. The topological polar surface area (TPSA) is 67.3 Å². The highest BCUT2D eigenvalue weighted by Gasteiger charge is 2.21. The maximum Gasteiger partial charge on any atom is 0.205 e. The van der Waals surface area contributed by atoms with Crippen molar-refractivity contribution in [3.63, 3.8) is 0 Å². The zero-order chi connectivity index (χ0) is 17.1. The zero-order valence-corrected chi connectivity index (χ0v) is 15.5. The molecule has 0 spiro atoms. The Hall–Kier alpha value is -2.10. The number of piperazine rings is 1. The van der Waals surface area contributed by atoms with E-state index in [1.807, 2.05) is 12.1 Å². The second-order valence-electron chi connectivity index (χ2n) is 5.65. The number of aromatic nitrogens is 4. The van der Waals surface area contributed by atoms with Crippen LogP contribution in [0.25, 0.3) is 10.6 Å². The van der Waals surface area contributed by atoms with Crippen molar-refractivity contribution in [2.45, 2.75) is 6.61 Å². The average Bonchev–Trinajstić information content (AvgIpc) is 3.35. The molecule has 3 aromatic rings. The van der Waals surface area contributed by atoms with Gasteiger partial charge in [-0.15, -0.1) is 21.5 Å². The van der Waals surface area contributed by atoms with Crippen LogP contribution in [0.2, 0.25) is 0 Å². The first kappa shape index (κ1) is 16.4. The molecule has 25 heavy (non-hydrogen) atoms. The first-order chi connectivity index (χ1) is 12.3. The summed E-state index contributed by atoms with van der Waals surface area (Å²) in [6.45, 7) is 4.05. The summed E-state index contributed by atoms with van der Waals surface area (Å²) in [6.07, 6.45) is 0. The van der Waals surface area contributed by atoms with E-state index < -0.39 is 0 Å². The molecule has 0 bridgehead atoms. The number of thiophene rings is 1. The third kappa shape index (κ3) is 3.63. The number of hydrogen-bond acceptors (Lipinski definition) is 9. The van der Waals surface area contributed by atoms with Crippen molar-refractivity contribution in [2.75, 3.05) is 43.1 Å². The molecule has 0 N–H and O–H groups in total. The van der Waals surface area contributed by atoms with Crippen molar-refractivity contribution in [3.8, 4) is 10.6 Å². The summed E-state index contributed by atoms with van der Waals surface area (Å²) in [5.41, 5.74) is 0.928. The Morgan fingerprint density at radius 2 is 1.92 bits per heavy atom. The van der Waals surface area contributed by atoms with E-state index in [1.165, 1.54) is 11.5 Å². The minimum Gasteiger partial charge on any atom is -0.377 e. The van der Waals surface area contributed by atoms with E-state index >= 15 is 0 Å². The van der Waals surface area contributed by atoms with Crippen LogP contribution in [0.5, 0.6) is 0 Å². The van der Waals surface area contributed by atoms with Crippen molar-refractivity contribution in [2.24, 2.45) is 0 Å². The molecule has 130 valence electrons.